The number of nitrogens with zero attached hydrogens (tertiary/aromatic N) is 2. The van der Waals surface area contributed by atoms with Crippen LogP contribution in [0.4, 0.5) is 0 Å². The fourth-order valence-electron chi connectivity index (χ4n) is 2.27. The predicted octanol–water partition coefficient (Wildman–Crippen LogP) is 1.06. The van der Waals surface area contributed by atoms with Gasteiger partial charge in [0.15, 0.2) is 0 Å². The fraction of sp³-hybridized carbons (Fsp3) is 0.588. The molecule has 2 N–H and O–H groups in total. The Balaban J connectivity index is 0.000000510. The molecule has 2 aliphatic heterocycles. The van der Waals surface area contributed by atoms with Crippen LogP contribution in [0.1, 0.15) is 33.1 Å². The van der Waals surface area contributed by atoms with Crippen molar-refractivity contribution in [3.05, 3.63) is 12.2 Å². The summed E-state index contributed by atoms with van der Waals surface area (Å²) in [6, 6.07) is 0. The van der Waals surface area contributed by atoms with Gasteiger partial charge in [0, 0.05) is 25.1 Å². The highest BCUT2D eigenvalue weighted by Crippen LogP contribution is 2.08. The lowest BCUT2D eigenvalue weighted by molar-refractivity contribution is -0.134. The first-order valence-corrected chi connectivity index (χ1v) is 7.59. The molecule has 0 radical (unpaired) electrons. The molecular formula is C17H26N2O5. The van der Waals surface area contributed by atoms with E-state index in [9.17, 15) is 14.4 Å². The van der Waals surface area contributed by atoms with Gasteiger partial charge in [-0.3, -0.25) is 9.69 Å². The molecular weight excluding hydrogens is 312 g/mol. The summed E-state index contributed by atoms with van der Waals surface area (Å²) < 4.78 is 0. The van der Waals surface area contributed by atoms with Gasteiger partial charge in [0.1, 0.15) is 0 Å². The third kappa shape index (κ3) is 9.64. The molecule has 0 aromatic carbocycles. The smallest absolute Gasteiger partial charge is 0.328 e. The molecule has 0 aromatic heterocycles. The molecule has 7 heteroatoms. The molecule has 0 atom stereocenters. The minimum absolute atomic E-state index is 0. The molecule has 2 fully saturated rings. The summed E-state index contributed by atoms with van der Waals surface area (Å²) in [5.74, 6) is 4.01. The van der Waals surface area contributed by atoms with Crippen LogP contribution in [0.25, 0.3) is 0 Å². The van der Waals surface area contributed by atoms with E-state index >= 15 is 0 Å². The Bertz CT molecular complexity index is 497. The third-order valence-corrected chi connectivity index (χ3v) is 3.44. The van der Waals surface area contributed by atoms with Crippen molar-refractivity contribution in [3.63, 3.8) is 0 Å². The fourth-order valence-corrected chi connectivity index (χ4v) is 2.27. The molecule has 0 unspecified atom stereocenters. The molecule has 134 valence electrons. The molecule has 0 saturated carbocycles. The van der Waals surface area contributed by atoms with E-state index in [-0.39, 0.29) is 13.3 Å². The molecule has 2 heterocycles. The highest BCUT2D eigenvalue weighted by molar-refractivity contribution is 5.89. The SMILES string of the molecule is C.O=C(O)/C=C/C(=O)O.O=C1CCCN1CC#CCN1CCCC1. The van der Waals surface area contributed by atoms with E-state index in [1.165, 1.54) is 25.9 Å². The van der Waals surface area contributed by atoms with Crippen LogP contribution in [0.5, 0.6) is 0 Å². The zero-order valence-electron chi connectivity index (χ0n) is 13.0. The van der Waals surface area contributed by atoms with Crippen molar-refractivity contribution >= 4 is 17.8 Å². The zero-order chi connectivity index (χ0) is 17.1. The van der Waals surface area contributed by atoms with Crippen LogP contribution in [0.15, 0.2) is 12.2 Å². The van der Waals surface area contributed by atoms with Crippen molar-refractivity contribution in [3.8, 4) is 11.8 Å². The largest absolute Gasteiger partial charge is 0.478 e. The Hall–Kier alpha value is -2.33. The number of amides is 1. The monoisotopic (exact) mass is 338 g/mol. The topological polar surface area (TPSA) is 98.1 Å². The first kappa shape index (κ1) is 21.7. The van der Waals surface area contributed by atoms with Crippen LogP contribution < -0.4 is 0 Å². The molecule has 7 nitrogen and oxygen atoms in total. The van der Waals surface area contributed by atoms with Gasteiger partial charge in [-0.05, 0) is 32.4 Å². The first-order chi connectivity index (χ1) is 11.0. The highest BCUT2D eigenvalue weighted by Gasteiger charge is 2.18. The van der Waals surface area contributed by atoms with E-state index in [0.717, 1.165) is 19.5 Å². The number of likely N-dealkylation sites (tertiary alicyclic amines) is 2. The molecule has 1 amide bonds. The molecule has 0 bridgehead atoms. The lowest BCUT2D eigenvalue weighted by Crippen LogP contribution is -2.25. The van der Waals surface area contributed by atoms with E-state index in [0.29, 0.717) is 25.1 Å². The van der Waals surface area contributed by atoms with Crippen LogP contribution in [0, 0.1) is 11.8 Å². The average molecular weight is 338 g/mol. The van der Waals surface area contributed by atoms with Crippen LogP contribution in [0.2, 0.25) is 0 Å². The van der Waals surface area contributed by atoms with Gasteiger partial charge in [-0.15, -0.1) is 0 Å². The van der Waals surface area contributed by atoms with Gasteiger partial charge in [0.2, 0.25) is 5.91 Å². The second-order valence-corrected chi connectivity index (χ2v) is 5.27. The van der Waals surface area contributed by atoms with Crippen molar-refractivity contribution in [2.24, 2.45) is 0 Å². The summed E-state index contributed by atoms with van der Waals surface area (Å²) in [6.45, 7) is 4.79. The van der Waals surface area contributed by atoms with Gasteiger partial charge < -0.3 is 15.1 Å². The van der Waals surface area contributed by atoms with Crippen LogP contribution >= 0.6 is 0 Å². The van der Waals surface area contributed by atoms with Crippen molar-refractivity contribution in [1.82, 2.24) is 9.80 Å². The molecule has 24 heavy (non-hydrogen) atoms. The van der Waals surface area contributed by atoms with Gasteiger partial charge in [0.25, 0.3) is 0 Å². The maximum atomic E-state index is 11.3. The van der Waals surface area contributed by atoms with E-state index in [1.807, 2.05) is 4.90 Å². The summed E-state index contributed by atoms with van der Waals surface area (Å²) >= 11 is 0. The number of aliphatic carboxylic acids is 2. The van der Waals surface area contributed by atoms with Crippen LogP contribution in [-0.2, 0) is 14.4 Å². The molecule has 0 aromatic rings. The minimum atomic E-state index is -1.26. The molecule has 2 aliphatic rings. The number of hydrogen-bond acceptors (Lipinski definition) is 4. The second kappa shape index (κ2) is 12.1. The summed E-state index contributed by atoms with van der Waals surface area (Å²) in [6.07, 6.45) is 5.46. The predicted molar refractivity (Wildman–Crippen MR) is 90.4 cm³/mol. The molecule has 2 rings (SSSR count). The summed E-state index contributed by atoms with van der Waals surface area (Å²) in [5, 5.41) is 15.6. The highest BCUT2D eigenvalue weighted by atomic mass is 16.4. The van der Waals surface area contributed by atoms with Gasteiger partial charge >= 0.3 is 11.9 Å². The number of carboxylic acid groups (broad SMARTS) is 2. The lowest BCUT2D eigenvalue weighted by Gasteiger charge is -2.11. The molecule has 0 aliphatic carbocycles. The number of carbonyl (C=O) groups is 3. The van der Waals surface area contributed by atoms with Crippen molar-refractivity contribution in [2.45, 2.75) is 33.1 Å². The number of carbonyl (C=O) groups excluding carboxylic acids is 1. The van der Waals surface area contributed by atoms with Crippen LogP contribution in [-0.4, -0.2) is 70.6 Å². The Labute approximate surface area is 142 Å². The van der Waals surface area contributed by atoms with Gasteiger partial charge in [-0.2, -0.15) is 0 Å². The maximum absolute atomic E-state index is 11.3. The lowest BCUT2D eigenvalue weighted by atomic mass is 10.4. The quantitative estimate of drug-likeness (QED) is 0.587. The first-order valence-electron chi connectivity index (χ1n) is 7.59. The minimum Gasteiger partial charge on any atom is -0.478 e. The molecule has 0 spiro atoms. The average Bonchev–Trinajstić information content (AvgIpc) is 3.14. The normalized spacial score (nSPS) is 16.8. The second-order valence-electron chi connectivity index (χ2n) is 5.27. The number of carboxylic acids is 2. The zero-order valence-corrected chi connectivity index (χ0v) is 13.0. The number of rotatable bonds is 4. The Morgan fingerprint density at radius 1 is 0.958 bits per heavy atom. The van der Waals surface area contributed by atoms with E-state index in [2.05, 4.69) is 16.7 Å². The van der Waals surface area contributed by atoms with Gasteiger partial charge in [-0.25, -0.2) is 9.59 Å². The van der Waals surface area contributed by atoms with E-state index in [4.69, 9.17) is 10.2 Å². The van der Waals surface area contributed by atoms with Crippen molar-refractivity contribution in [1.29, 1.82) is 0 Å². The Morgan fingerprint density at radius 3 is 1.96 bits per heavy atom. The van der Waals surface area contributed by atoms with E-state index < -0.39 is 11.9 Å². The number of hydrogen-bond donors (Lipinski definition) is 2. The summed E-state index contributed by atoms with van der Waals surface area (Å²) in [7, 11) is 0. The summed E-state index contributed by atoms with van der Waals surface area (Å²) in [4.78, 5) is 34.6. The molecule has 2 saturated heterocycles. The van der Waals surface area contributed by atoms with Gasteiger partial charge in [0.05, 0.1) is 13.1 Å². The Morgan fingerprint density at radius 2 is 1.50 bits per heavy atom. The van der Waals surface area contributed by atoms with Crippen LogP contribution in [0.3, 0.4) is 0 Å². The van der Waals surface area contributed by atoms with Crippen molar-refractivity contribution in [2.75, 3.05) is 32.7 Å². The Kier molecular flexibility index (Phi) is 11.0. The third-order valence-electron chi connectivity index (χ3n) is 3.44. The summed E-state index contributed by atoms with van der Waals surface area (Å²) in [5.41, 5.74) is 0. The standard InChI is InChI=1S/C12H18N2O.C4H4O4.CH4/c15-12-6-5-11-14(12)10-4-3-9-13-7-1-2-8-13;5-3(6)1-2-4(7)8;/h1-2,5-11H2;1-2H,(H,5,6)(H,7,8);1H4/b;2-1+;. The van der Waals surface area contributed by atoms with Crippen molar-refractivity contribution < 1.29 is 24.6 Å². The maximum Gasteiger partial charge on any atom is 0.328 e. The van der Waals surface area contributed by atoms with E-state index in [1.54, 1.807) is 0 Å². The van der Waals surface area contributed by atoms with Gasteiger partial charge in [-0.1, -0.05) is 19.3 Å².